The first-order valence-electron chi connectivity index (χ1n) is 11.7. The SMILES string of the molecule is CC(C)=CCC/C(C)=C/CC[C@@]1(C)Oc2c(c(O)cc3c2CN([C@H](CO)C(=O)O)C3=O)C[C@H]1O. The molecule has 2 aliphatic heterocycles. The number of aliphatic carboxylic acids is 1. The summed E-state index contributed by atoms with van der Waals surface area (Å²) in [5.41, 5.74) is 2.65. The second kappa shape index (κ2) is 10.2. The van der Waals surface area contributed by atoms with Crippen LogP contribution >= 0.6 is 0 Å². The van der Waals surface area contributed by atoms with Crippen molar-refractivity contribution in [2.75, 3.05) is 6.61 Å². The highest BCUT2D eigenvalue weighted by atomic mass is 16.5. The summed E-state index contributed by atoms with van der Waals surface area (Å²) in [6.45, 7) is 7.27. The van der Waals surface area contributed by atoms with Crippen LogP contribution < -0.4 is 4.74 Å². The number of aliphatic hydroxyl groups excluding tert-OH is 2. The first-order valence-corrected chi connectivity index (χ1v) is 11.7. The summed E-state index contributed by atoms with van der Waals surface area (Å²) in [6.07, 6.45) is 6.81. The van der Waals surface area contributed by atoms with E-state index >= 15 is 0 Å². The van der Waals surface area contributed by atoms with Crippen LogP contribution in [0.1, 0.15) is 74.9 Å². The third-order valence-electron chi connectivity index (χ3n) is 6.78. The van der Waals surface area contributed by atoms with E-state index in [1.807, 2.05) is 6.92 Å². The van der Waals surface area contributed by atoms with Crippen LogP contribution in [0.15, 0.2) is 29.4 Å². The van der Waals surface area contributed by atoms with Crippen molar-refractivity contribution in [2.45, 2.75) is 84.1 Å². The molecule has 3 rings (SSSR count). The number of phenols is 1. The fourth-order valence-electron chi connectivity index (χ4n) is 4.58. The number of allylic oxidation sites excluding steroid dienone is 4. The average molecular weight is 474 g/mol. The van der Waals surface area contributed by atoms with Crippen molar-refractivity contribution >= 4 is 11.9 Å². The number of hydrogen-bond donors (Lipinski definition) is 4. The number of fused-ring (bicyclic) bond motifs is 3. The topological polar surface area (TPSA) is 128 Å². The summed E-state index contributed by atoms with van der Waals surface area (Å²) >= 11 is 0. The van der Waals surface area contributed by atoms with Gasteiger partial charge in [-0.05, 0) is 59.4 Å². The third kappa shape index (κ3) is 5.13. The molecule has 0 aliphatic carbocycles. The van der Waals surface area contributed by atoms with Crippen molar-refractivity contribution in [1.29, 1.82) is 0 Å². The van der Waals surface area contributed by atoms with Gasteiger partial charge < -0.3 is 30.1 Å². The average Bonchev–Trinajstić information content (AvgIpc) is 3.06. The van der Waals surface area contributed by atoms with Crippen LogP contribution in [0.2, 0.25) is 0 Å². The number of aliphatic hydroxyl groups is 2. The Labute approximate surface area is 200 Å². The zero-order chi connectivity index (χ0) is 25.2. The lowest BCUT2D eigenvalue weighted by Gasteiger charge is -2.41. The fraction of sp³-hybridized carbons (Fsp3) is 0.538. The molecule has 2 heterocycles. The fourth-order valence-corrected chi connectivity index (χ4v) is 4.58. The van der Waals surface area contributed by atoms with Crippen LogP contribution in [0.4, 0.5) is 0 Å². The number of amides is 1. The molecule has 186 valence electrons. The largest absolute Gasteiger partial charge is 0.508 e. The maximum atomic E-state index is 12.9. The van der Waals surface area contributed by atoms with Crippen LogP contribution in [-0.2, 0) is 17.8 Å². The summed E-state index contributed by atoms with van der Waals surface area (Å²) in [5, 5.41) is 40.3. The normalized spacial score (nSPS) is 22.6. The standard InChI is InChI=1S/C26H35NO7/c1-15(2)7-5-8-16(3)9-6-10-26(4)22(30)12-18-21(29)11-17-19(23(18)34-26)13-27(24(17)31)20(14-28)25(32)33/h7,9,11,20,22,28-30H,5-6,8,10,12-14H2,1-4H3,(H,32,33)/b16-9+/t20-,22-,26-/m1/s1. The molecule has 0 spiro atoms. The van der Waals surface area contributed by atoms with E-state index in [2.05, 4.69) is 32.9 Å². The Hall–Kier alpha value is -2.84. The first kappa shape index (κ1) is 25.8. The van der Waals surface area contributed by atoms with Gasteiger partial charge in [0.2, 0.25) is 0 Å². The number of benzene rings is 1. The zero-order valence-corrected chi connectivity index (χ0v) is 20.3. The number of rotatable bonds is 9. The number of carbonyl (C=O) groups excluding carboxylic acids is 1. The lowest BCUT2D eigenvalue weighted by atomic mass is 9.84. The van der Waals surface area contributed by atoms with Crippen molar-refractivity contribution in [3.8, 4) is 11.5 Å². The van der Waals surface area contributed by atoms with E-state index in [9.17, 15) is 30.0 Å². The molecule has 1 amide bonds. The Kier molecular flexibility index (Phi) is 7.73. The number of phenolic OH excluding ortho intramolecular Hbond substituents is 1. The molecule has 0 radical (unpaired) electrons. The molecule has 0 aromatic heterocycles. The Bertz CT molecular complexity index is 1020. The number of carbonyl (C=O) groups is 2. The lowest BCUT2D eigenvalue weighted by molar-refractivity contribution is -0.143. The van der Waals surface area contributed by atoms with E-state index in [0.717, 1.165) is 17.7 Å². The van der Waals surface area contributed by atoms with E-state index < -0.39 is 36.2 Å². The van der Waals surface area contributed by atoms with Gasteiger partial charge in [0.15, 0.2) is 6.04 Å². The molecule has 2 aliphatic rings. The molecule has 1 aromatic rings. The molecule has 8 heteroatoms. The number of ether oxygens (including phenoxy) is 1. The van der Waals surface area contributed by atoms with Gasteiger partial charge in [0.05, 0.1) is 24.8 Å². The number of carboxylic acids is 1. The van der Waals surface area contributed by atoms with Gasteiger partial charge in [0.1, 0.15) is 17.1 Å². The molecule has 0 saturated heterocycles. The quantitative estimate of drug-likeness (QED) is 0.405. The van der Waals surface area contributed by atoms with Gasteiger partial charge >= 0.3 is 5.97 Å². The molecule has 0 bridgehead atoms. The Balaban J connectivity index is 1.82. The van der Waals surface area contributed by atoms with E-state index in [1.54, 1.807) is 0 Å². The maximum absolute atomic E-state index is 12.9. The summed E-state index contributed by atoms with van der Waals surface area (Å²) < 4.78 is 6.28. The molecule has 4 N–H and O–H groups in total. The Morgan fingerprint density at radius 2 is 1.97 bits per heavy atom. The van der Waals surface area contributed by atoms with Crippen molar-refractivity contribution < 1.29 is 34.8 Å². The highest BCUT2D eigenvalue weighted by Gasteiger charge is 2.45. The highest BCUT2D eigenvalue weighted by Crippen LogP contribution is 2.46. The summed E-state index contributed by atoms with van der Waals surface area (Å²) in [5.74, 6) is -1.74. The van der Waals surface area contributed by atoms with Gasteiger partial charge in [-0.3, -0.25) is 4.79 Å². The highest BCUT2D eigenvalue weighted by molar-refractivity contribution is 6.02. The van der Waals surface area contributed by atoms with E-state index in [1.165, 1.54) is 17.2 Å². The van der Waals surface area contributed by atoms with Crippen LogP contribution in [0.3, 0.4) is 0 Å². The molecule has 0 unspecified atom stereocenters. The van der Waals surface area contributed by atoms with E-state index in [0.29, 0.717) is 29.7 Å². The molecule has 0 saturated carbocycles. The summed E-state index contributed by atoms with van der Waals surface area (Å²) in [7, 11) is 0. The lowest BCUT2D eigenvalue weighted by Crippen LogP contribution is -2.49. The van der Waals surface area contributed by atoms with Gasteiger partial charge in [-0.15, -0.1) is 0 Å². The Morgan fingerprint density at radius 3 is 2.59 bits per heavy atom. The number of hydrogen-bond acceptors (Lipinski definition) is 6. The number of aromatic hydroxyl groups is 1. The number of nitrogens with zero attached hydrogens (tertiary/aromatic N) is 1. The summed E-state index contributed by atoms with van der Waals surface area (Å²) in [4.78, 5) is 25.4. The predicted octanol–water partition coefficient (Wildman–Crippen LogP) is 3.32. The second-order valence-corrected chi connectivity index (χ2v) is 9.74. The van der Waals surface area contributed by atoms with Gasteiger partial charge in [-0.2, -0.15) is 0 Å². The van der Waals surface area contributed by atoms with Crippen LogP contribution in [-0.4, -0.2) is 61.6 Å². The third-order valence-corrected chi connectivity index (χ3v) is 6.78. The zero-order valence-electron chi connectivity index (χ0n) is 20.3. The van der Waals surface area contributed by atoms with Crippen molar-refractivity contribution in [3.05, 3.63) is 46.1 Å². The van der Waals surface area contributed by atoms with Crippen molar-refractivity contribution in [2.24, 2.45) is 0 Å². The molecule has 3 atom stereocenters. The molecule has 1 aromatic carbocycles. The minimum Gasteiger partial charge on any atom is -0.508 e. The first-order chi connectivity index (χ1) is 16.0. The summed E-state index contributed by atoms with van der Waals surface area (Å²) in [6, 6.07) is -0.0953. The molecule has 0 fully saturated rings. The smallest absolute Gasteiger partial charge is 0.328 e. The van der Waals surface area contributed by atoms with Gasteiger partial charge in [-0.1, -0.05) is 23.3 Å². The molecular weight excluding hydrogens is 438 g/mol. The van der Waals surface area contributed by atoms with Crippen molar-refractivity contribution in [1.82, 2.24) is 4.90 Å². The minimum atomic E-state index is -1.39. The van der Waals surface area contributed by atoms with Crippen LogP contribution in [0.25, 0.3) is 0 Å². The van der Waals surface area contributed by atoms with Crippen LogP contribution in [0.5, 0.6) is 11.5 Å². The van der Waals surface area contributed by atoms with Crippen molar-refractivity contribution in [3.63, 3.8) is 0 Å². The van der Waals surface area contributed by atoms with E-state index in [4.69, 9.17) is 4.74 Å². The van der Waals surface area contributed by atoms with E-state index in [-0.39, 0.29) is 24.3 Å². The van der Waals surface area contributed by atoms with Gasteiger partial charge in [-0.25, -0.2) is 4.79 Å². The minimum absolute atomic E-state index is 0.0517. The molecular formula is C26H35NO7. The monoisotopic (exact) mass is 473 g/mol. The maximum Gasteiger partial charge on any atom is 0.328 e. The van der Waals surface area contributed by atoms with Gasteiger partial charge in [0, 0.05) is 17.5 Å². The van der Waals surface area contributed by atoms with Gasteiger partial charge in [0.25, 0.3) is 5.91 Å². The number of carboxylic acid groups (broad SMARTS) is 1. The second-order valence-electron chi connectivity index (χ2n) is 9.74. The predicted molar refractivity (Wildman–Crippen MR) is 127 cm³/mol. The van der Waals surface area contributed by atoms with Crippen LogP contribution in [0, 0.1) is 0 Å². The Morgan fingerprint density at radius 1 is 1.26 bits per heavy atom. The molecule has 34 heavy (non-hydrogen) atoms. The molecule has 8 nitrogen and oxygen atoms in total.